The molecule has 10 nitrogen and oxygen atoms in total. The van der Waals surface area contributed by atoms with Crippen LogP contribution in [-0.2, 0) is 14.3 Å². The predicted octanol–water partition coefficient (Wildman–Crippen LogP) is 2.51. The number of carbonyl (C=O) groups excluding carboxylic acids is 1. The first-order chi connectivity index (χ1) is 16.6. The number of amides is 1. The number of carbonyl (C=O) groups is 1. The quantitative estimate of drug-likeness (QED) is 0.471. The van der Waals surface area contributed by atoms with Gasteiger partial charge in [-0.2, -0.15) is 5.26 Å². The zero-order valence-corrected chi connectivity index (χ0v) is 19.8. The maximum Gasteiger partial charge on any atom is 0.225 e. The maximum absolute atomic E-state index is 12.6. The molecule has 0 bridgehead atoms. The molecule has 0 spiro atoms. The minimum atomic E-state index is 0.0534. The van der Waals surface area contributed by atoms with Crippen LogP contribution in [0.4, 0.5) is 11.6 Å². The summed E-state index contributed by atoms with van der Waals surface area (Å²) in [6.07, 6.45) is 2.63. The van der Waals surface area contributed by atoms with Gasteiger partial charge in [-0.15, -0.1) is 0 Å². The smallest absolute Gasteiger partial charge is 0.225 e. The fourth-order valence-electron chi connectivity index (χ4n) is 3.42. The molecular weight excluding hydrogens is 436 g/mol. The lowest BCUT2D eigenvalue weighted by molar-refractivity contribution is -0.132. The Balaban J connectivity index is 1.61. The minimum Gasteiger partial charge on any atom is -0.437 e. The van der Waals surface area contributed by atoms with Crippen molar-refractivity contribution in [3.05, 3.63) is 48.1 Å². The first-order valence-electron chi connectivity index (χ1n) is 11.1. The molecule has 180 valence electrons. The highest BCUT2D eigenvalue weighted by atomic mass is 16.5. The van der Waals surface area contributed by atoms with E-state index in [0.717, 1.165) is 5.69 Å². The zero-order chi connectivity index (χ0) is 24.3. The summed E-state index contributed by atoms with van der Waals surface area (Å²) in [5.74, 6) is 1.52. The zero-order valence-electron chi connectivity index (χ0n) is 19.8. The fourth-order valence-corrected chi connectivity index (χ4v) is 3.42. The van der Waals surface area contributed by atoms with E-state index in [0.29, 0.717) is 69.0 Å². The number of fused-ring (bicyclic) bond motifs is 1. The summed E-state index contributed by atoms with van der Waals surface area (Å²) >= 11 is 0. The Kier molecular flexibility index (Phi) is 9.20. The molecule has 1 aliphatic heterocycles. The molecule has 0 saturated heterocycles. The molecule has 2 aromatic rings. The number of hydrogen-bond acceptors (Lipinski definition) is 9. The van der Waals surface area contributed by atoms with E-state index in [-0.39, 0.29) is 11.5 Å². The van der Waals surface area contributed by atoms with Gasteiger partial charge in [-0.1, -0.05) is 12.1 Å². The van der Waals surface area contributed by atoms with Crippen molar-refractivity contribution < 1.29 is 19.0 Å². The van der Waals surface area contributed by atoms with Gasteiger partial charge in [0.05, 0.1) is 24.6 Å². The van der Waals surface area contributed by atoms with Gasteiger partial charge >= 0.3 is 0 Å². The number of nitriles is 1. The molecule has 1 aromatic heterocycles. The minimum absolute atomic E-state index is 0.0534. The third-order valence-corrected chi connectivity index (χ3v) is 5.29. The Morgan fingerprint density at radius 1 is 1.15 bits per heavy atom. The molecule has 0 aliphatic carbocycles. The van der Waals surface area contributed by atoms with E-state index in [2.05, 4.69) is 21.4 Å². The average Bonchev–Trinajstić information content (AvgIpc) is 3.28. The number of ether oxygens (including phenoxy) is 3. The van der Waals surface area contributed by atoms with Crippen molar-refractivity contribution in [2.24, 2.45) is 0 Å². The number of nitrogens with zero attached hydrogens (tertiary/aromatic N) is 5. The van der Waals surface area contributed by atoms with Gasteiger partial charge in [0.25, 0.3) is 0 Å². The fraction of sp³-hybridized carbons (Fsp3) is 0.417. The predicted molar refractivity (Wildman–Crippen MR) is 128 cm³/mol. The standard InChI is InChI=1S/C24H30N6O4/c1-29(12-6-9-22(31)30(13-15-32-2)14-16-33-3)24-26-11-10-19(28-24)18(17-25)23-27-20-7-4-5-8-21(20)34-23/h4-5,7-8,10-11,27H,6,9,12-16H2,1-3H3/b23-18+. The summed E-state index contributed by atoms with van der Waals surface area (Å²) in [5.41, 5.74) is 1.54. The summed E-state index contributed by atoms with van der Waals surface area (Å²) in [6, 6.07) is 11.3. The van der Waals surface area contributed by atoms with Crippen LogP contribution >= 0.6 is 0 Å². The SMILES string of the molecule is COCCN(CCOC)C(=O)CCCN(C)c1nccc(/C(C#N)=C2\Nc3ccccc3O2)n1. The van der Waals surface area contributed by atoms with Crippen LogP contribution in [0, 0.1) is 11.3 Å². The van der Waals surface area contributed by atoms with E-state index in [9.17, 15) is 10.1 Å². The largest absolute Gasteiger partial charge is 0.437 e. The van der Waals surface area contributed by atoms with Crippen molar-refractivity contribution in [1.82, 2.24) is 14.9 Å². The molecule has 10 heteroatoms. The van der Waals surface area contributed by atoms with Crippen LogP contribution in [0.15, 0.2) is 42.4 Å². The van der Waals surface area contributed by atoms with Crippen LogP contribution in [0.3, 0.4) is 0 Å². The lowest BCUT2D eigenvalue weighted by Crippen LogP contribution is -2.36. The second-order valence-electron chi connectivity index (χ2n) is 7.67. The first kappa shape index (κ1) is 25.0. The average molecular weight is 467 g/mol. The van der Waals surface area contributed by atoms with Crippen molar-refractivity contribution in [2.45, 2.75) is 12.8 Å². The number of methoxy groups -OCH3 is 2. The lowest BCUT2D eigenvalue weighted by atomic mass is 10.2. The van der Waals surface area contributed by atoms with E-state index in [1.165, 1.54) is 0 Å². The Hall–Kier alpha value is -3.68. The van der Waals surface area contributed by atoms with E-state index >= 15 is 0 Å². The number of nitrogens with one attached hydrogen (secondary N) is 1. The second-order valence-corrected chi connectivity index (χ2v) is 7.67. The van der Waals surface area contributed by atoms with Crippen molar-refractivity contribution in [3.63, 3.8) is 0 Å². The number of hydrogen-bond donors (Lipinski definition) is 1. The lowest BCUT2D eigenvalue weighted by Gasteiger charge is -2.23. The molecular formula is C24H30N6O4. The van der Waals surface area contributed by atoms with Gasteiger partial charge in [-0.05, 0) is 24.6 Å². The van der Waals surface area contributed by atoms with E-state index in [1.54, 1.807) is 31.4 Å². The Bertz CT molecular complexity index is 1020. The van der Waals surface area contributed by atoms with Gasteiger partial charge in [-0.3, -0.25) is 4.79 Å². The van der Waals surface area contributed by atoms with Crippen molar-refractivity contribution in [3.8, 4) is 11.8 Å². The number of anilines is 2. The van der Waals surface area contributed by atoms with Crippen LogP contribution in [0.2, 0.25) is 0 Å². The Labute approximate surface area is 199 Å². The molecule has 0 fully saturated rings. The molecule has 0 unspecified atom stereocenters. The molecule has 0 atom stereocenters. The molecule has 34 heavy (non-hydrogen) atoms. The van der Waals surface area contributed by atoms with Gasteiger partial charge in [0.1, 0.15) is 11.6 Å². The monoisotopic (exact) mass is 466 g/mol. The summed E-state index contributed by atoms with van der Waals surface area (Å²) < 4.78 is 16.0. The number of para-hydroxylation sites is 2. The molecule has 1 aromatic carbocycles. The third kappa shape index (κ3) is 6.43. The van der Waals surface area contributed by atoms with Gasteiger partial charge in [0.2, 0.25) is 17.7 Å². The highest BCUT2D eigenvalue weighted by molar-refractivity contribution is 5.82. The molecule has 1 amide bonds. The summed E-state index contributed by atoms with van der Waals surface area (Å²) in [5, 5.41) is 12.9. The van der Waals surface area contributed by atoms with Gasteiger partial charge in [0, 0.05) is 53.5 Å². The Morgan fingerprint density at radius 3 is 2.56 bits per heavy atom. The summed E-state index contributed by atoms with van der Waals surface area (Å²) in [4.78, 5) is 25.1. The highest BCUT2D eigenvalue weighted by Crippen LogP contribution is 2.35. The Morgan fingerprint density at radius 2 is 1.88 bits per heavy atom. The van der Waals surface area contributed by atoms with Gasteiger partial charge < -0.3 is 29.3 Å². The highest BCUT2D eigenvalue weighted by Gasteiger charge is 2.22. The van der Waals surface area contributed by atoms with Crippen molar-refractivity contribution in [2.75, 3.05) is 64.3 Å². The second kappa shape index (κ2) is 12.5. The van der Waals surface area contributed by atoms with Crippen LogP contribution in [-0.4, -0.2) is 74.9 Å². The third-order valence-electron chi connectivity index (χ3n) is 5.29. The van der Waals surface area contributed by atoms with Gasteiger partial charge in [-0.25, -0.2) is 9.97 Å². The van der Waals surface area contributed by atoms with E-state index in [1.807, 2.05) is 36.2 Å². The number of rotatable bonds is 12. The molecule has 1 N–H and O–H groups in total. The molecule has 2 heterocycles. The number of allylic oxidation sites excluding steroid dienone is 1. The topological polar surface area (TPSA) is 113 Å². The molecule has 1 aliphatic rings. The van der Waals surface area contributed by atoms with Crippen LogP contribution < -0.4 is 15.0 Å². The van der Waals surface area contributed by atoms with Gasteiger partial charge in [0.15, 0.2) is 5.75 Å². The van der Waals surface area contributed by atoms with Crippen LogP contribution in [0.5, 0.6) is 5.75 Å². The first-order valence-corrected chi connectivity index (χ1v) is 11.1. The van der Waals surface area contributed by atoms with Crippen molar-refractivity contribution in [1.29, 1.82) is 5.26 Å². The summed E-state index contributed by atoms with van der Waals surface area (Å²) in [6.45, 7) is 2.61. The van der Waals surface area contributed by atoms with Crippen LogP contribution in [0.25, 0.3) is 5.57 Å². The molecule has 3 rings (SSSR count). The van der Waals surface area contributed by atoms with E-state index < -0.39 is 0 Å². The normalized spacial score (nSPS) is 13.4. The maximum atomic E-state index is 12.6. The van der Waals surface area contributed by atoms with Crippen molar-refractivity contribution >= 4 is 23.1 Å². The summed E-state index contributed by atoms with van der Waals surface area (Å²) in [7, 11) is 5.09. The number of aromatic nitrogens is 2. The number of benzene rings is 1. The van der Waals surface area contributed by atoms with E-state index in [4.69, 9.17) is 14.2 Å². The van der Waals surface area contributed by atoms with Crippen LogP contribution in [0.1, 0.15) is 18.5 Å². The molecule has 0 radical (unpaired) electrons. The molecule has 0 saturated carbocycles.